The Kier molecular flexibility index (Phi) is 11.2. The number of sulfonamides is 1. The summed E-state index contributed by atoms with van der Waals surface area (Å²) in [6.45, 7) is 6.95. The monoisotopic (exact) mass is 620 g/mol. The smallest absolute Gasteiger partial charge is 0.305 e. The molecule has 4 unspecified atom stereocenters. The molecule has 1 heterocycles. The number of rotatable bonds is 17. The first-order valence-electron chi connectivity index (χ1n) is 14.8. The van der Waals surface area contributed by atoms with Crippen LogP contribution >= 0.6 is 0 Å². The minimum absolute atomic E-state index is 0.0843. The van der Waals surface area contributed by atoms with Crippen molar-refractivity contribution < 1.29 is 37.5 Å². The van der Waals surface area contributed by atoms with E-state index >= 15 is 0 Å². The maximum absolute atomic E-state index is 13.1. The number of fused-ring (bicyclic) bond motifs is 2. The molecule has 0 saturated heterocycles. The molecule has 2 bridgehead atoms. The Labute approximate surface area is 253 Å². The molecule has 2 amide bonds. The Bertz CT molecular complexity index is 1310. The second kappa shape index (κ2) is 14.1. The quantitative estimate of drug-likeness (QED) is 0.188. The molecule has 0 spiro atoms. The maximum Gasteiger partial charge on any atom is 0.305 e. The molecule has 2 aliphatic carbocycles. The van der Waals surface area contributed by atoms with Crippen molar-refractivity contribution in [1.29, 1.82) is 0 Å². The van der Waals surface area contributed by atoms with Crippen molar-refractivity contribution in [2.45, 2.75) is 78.7 Å². The van der Waals surface area contributed by atoms with E-state index in [4.69, 9.17) is 0 Å². The molecule has 0 radical (unpaired) electrons. The zero-order chi connectivity index (χ0) is 32.0. The first-order chi connectivity index (χ1) is 20.1. The van der Waals surface area contributed by atoms with Gasteiger partial charge in [-0.05, 0) is 60.6 Å². The number of carbonyl (C=O) groups is 5. The van der Waals surface area contributed by atoms with Gasteiger partial charge in [0.15, 0.2) is 5.78 Å². The molecular formula is C30H44N4O8S. The summed E-state index contributed by atoms with van der Waals surface area (Å²) >= 11 is 0. The van der Waals surface area contributed by atoms with Crippen LogP contribution in [0.3, 0.4) is 0 Å². The van der Waals surface area contributed by atoms with Crippen molar-refractivity contribution in [3.8, 4) is 0 Å². The van der Waals surface area contributed by atoms with Crippen LogP contribution in [0.4, 0.5) is 0 Å². The first kappa shape index (κ1) is 34.3. The van der Waals surface area contributed by atoms with Crippen molar-refractivity contribution >= 4 is 39.4 Å². The summed E-state index contributed by atoms with van der Waals surface area (Å²) in [6.07, 6.45) is 5.47. The molecule has 4 atom stereocenters. The van der Waals surface area contributed by atoms with Gasteiger partial charge in [-0.2, -0.15) is 0 Å². The Hall–Kier alpha value is -3.19. The van der Waals surface area contributed by atoms with Crippen LogP contribution in [0, 0.1) is 28.6 Å². The lowest BCUT2D eigenvalue weighted by molar-refractivity contribution is -0.141. The molecule has 1 aromatic rings. The van der Waals surface area contributed by atoms with Crippen molar-refractivity contribution in [1.82, 2.24) is 20.3 Å². The fraction of sp³-hybridized carbons (Fsp3) is 0.667. The lowest BCUT2D eigenvalue weighted by Gasteiger charge is -2.36. The van der Waals surface area contributed by atoms with E-state index in [1.54, 1.807) is 26.2 Å². The van der Waals surface area contributed by atoms with Crippen LogP contribution < -0.4 is 15.4 Å². The number of aromatic nitrogens is 1. The number of nitrogens with one attached hydrogen (secondary N) is 3. The largest absolute Gasteiger partial charge is 0.481 e. The van der Waals surface area contributed by atoms with Gasteiger partial charge in [0, 0.05) is 43.1 Å². The van der Waals surface area contributed by atoms with Gasteiger partial charge >= 0.3 is 5.97 Å². The highest BCUT2D eigenvalue weighted by atomic mass is 32.2. The highest BCUT2D eigenvalue weighted by molar-refractivity contribution is 7.89. The second-order valence-electron chi connectivity index (χ2n) is 12.7. The van der Waals surface area contributed by atoms with Gasteiger partial charge in [-0.3, -0.25) is 29.0 Å². The number of aliphatic carboxylic acids is 1. The zero-order valence-corrected chi connectivity index (χ0v) is 26.2. The zero-order valence-electron chi connectivity index (χ0n) is 25.4. The van der Waals surface area contributed by atoms with Crippen molar-refractivity contribution in [3.63, 3.8) is 0 Å². The summed E-state index contributed by atoms with van der Waals surface area (Å²) in [5.41, 5.74) is -0.422. The minimum Gasteiger partial charge on any atom is -0.481 e. The third kappa shape index (κ3) is 8.47. The highest BCUT2D eigenvalue weighted by Crippen LogP contribution is 2.64. The van der Waals surface area contributed by atoms with Crippen LogP contribution in [-0.4, -0.2) is 72.7 Å². The molecule has 2 fully saturated rings. The number of aryl methyl sites for hydroxylation is 1. The predicted octanol–water partition coefficient (Wildman–Crippen LogP) is 1.64. The lowest BCUT2D eigenvalue weighted by atomic mass is 9.70. The average molecular weight is 621 g/mol. The Balaban J connectivity index is 1.56. The van der Waals surface area contributed by atoms with Crippen LogP contribution in [0.1, 0.15) is 71.8 Å². The van der Waals surface area contributed by atoms with Gasteiger partial charge in [0.05, 0.1) is 24.8 Å². The van der Waals surface area contributed by atoms with E-state index in [9.17, 15) is 37.5 Å². The minimum atomic E-state index is -4.08. The standard InChI is InChI=1S/C30H44N4O8S/c1-19(2)22(15-26(37)32-11-5-6-20-8-12-31-13-9-20)28(40)34-23(16-27(38)39)24(35)17-33-43(41,42)18-30-10-7-21(14-25(30)36)29(30,3)4/h8-9,12-13,19,21-23,33H,5-7,10-11,14-18H2,1-4H3,(H,32,37)(H,34,40)(H,38,39). The Morgan fingerprint density at radius 2 is 1.79 bits per heavy atom. The molecule has 0 aromatic carbocycles. The number of nitrogens with zero attached hydrogens (tertiary/aromatic N) is 1. The number of hydrogen-bond donors (Lipinski definition) is 4. The van der Waals surface area contributed by atoms with Gasteiger partial charge in [0.25, 0.3) is 0 Å². The van der Waals surface area contributed by atoms with Crippen LogP contribution in [0.15, 0.2) is 24.5 Å². The molecule has 12 nitrogen and oxygen atoms in total. The summed E-state index contributed by atoms with van der Waals surface area (Å²) in [5, 5.41) is 14.6. The average Bonchev–Trinajstić information content (AvgIpc) is 3.26. The Morgan fingerprint density at radius 1 is 1.12 bits per heavy atom. The number of Topliss-reactive ketones (excluding diaryl/α,β-unsaturated/α-hetero) is 2. The molecule has 43 heavy (non-hydrogen) atoms. The number of amides is 2. The summed E-state index contributed by atoms with van der Waals surface area (Å²) in [5.74, 6) is -4.76. The third-order valence-corrected chi connectivity index (χ3v) is 10.8. The number of carboxylic acid groups (broad SMARTS) is 1. The molecular weight excluding hydrogens is 576 g/mol. The van der Waals surface area contributed by atoms with Crippen LogP contribution in [0.25, 0.3) is 0 Å². The summed E-state index contributed by atoms with van der Waals surface area (Å²) in [4.78, 5) is 67.0. The van der Waals surface area contributed by atoms with E-state index in [1.807, 2.05) is 26.0 Å². The molecule has 238 valence electrons. The van der Waals surface area contributed by atoms with Crippen molar-refractivity contribution in [2.24, 2.45) is 28.6 Å². The van der Waals surface area contributed by atoms with Gasteiger partial charge in [-0.25, -0.2) is 13.1 Å². The number of hydrogen-bond acceptors (Lipinski definition) is 8. The number of carbonyl (C=O) groups excluding carboxylic acids is 4. The molecule has 1 aromatic heterocycles. The van der Waals surface area contributed by atoms with Crippen molar-refractivity contribution in [2.75, 3.05) is 18.8 Å². The summed E-state index contributed by atoms with van der Waals surface area (Å²) < 4.78 is 28.3. The van der Waals surface area contributed by atoms with Gasteiger partial charge in [-0.1, -0.05) is 27.7 Å². The van der Waals surface area contributed by atoms with E-state index in [2.05, 4.69) is 20.3 Å². The van der Waals surface area contributed by atoms with Gasteiger partial charge < -0.3 is 15.7 Å². The SMILES string of the molecule is CC(C)C(CC(=O)NCCCc1ccncc1)C(=O)NC(CC(=O)O)C(=O)CNS(=O)(=O)CC12CCC(CC1=O)C2(C)C. The molecule has 13 heteroatoms. The second-order valence-corrected chi connectivity index (χ2v) is 14.5. The highest BCUT2D eigenvalue weighted by Gasteiger charge is 2.65. The topological polar surface area (TPSA) is 189 Å². The van der Waals surface area contributed by atoms with Crippen LogP contribution in [0.2, 0.25) is 0 Å². The third-order valence-electron chi connectivity index (χ3n) is 9.39. The van der Waals surface area contributed by atoms with Crippen LogP contribution in [-0.2, 0) is 40.4 Å². The molecule has 2 saturated carbocycles. The van der Waals surface area contributed by atoms with E-state index in [-0.39, 0.29) is 29.9 Å². The lowest BCUT2D eigenvalue weighted by Crippen LogP contribution is -2.51. The number of carboxylic acids is 1. The maximum atomic E-state index is 13.1. The van der Waals surface area contributed by atoms with Crippen molar-refractivity contribution in [3.05, 3.63) is 30.1 Å². The van der Waals surface area contributed by atoms with Gasteiger partial charge in [-0.15, -0.1) is 0 Å². The van der Waals surface area contributed by atoms with Crippen LogP contribution in [0.5, 0.6) is 0 Å². The molecule has 3 rings (SSSR count). The molecule has 2 aliphatic rings. The van der Waals surface area contributed by atoms with E-state index in [0.717, 1.165) is 18.4 Å². The normalized spacial score (nSPS) is 22.3. The molecule has 4 N–H and O–H groups in total. The van der Waals surface area contributed by atoms with Gasteiger partial charge in [0.2, 0.25) is 21.8 Å². The van der Waals surface area contributed by atoms with E-state index in [1.165, 1.54) is 0 Å². The summed E-state index contributed by atoms with van der Waals surface area (Å²) in [7, 11) is -4.08. The fourth-order valence-corrected chi connectivity index (χ4v) is 8.25. The summed E-state index contributed by atoms with van der Waals surface area (Å²) in [6, 6.07) is 2.28. The van der Waals surface area contributed by atoms with E-state index in [0.29, 0.717) is 25.8 Å². The first-order valence-corrected chi connectivity index (χ1v) is 16.4. The fourth-order valence-electron chi connectivity index (χ4n) is 6.46. The molecule has 0 aliphatic heterocycles. The van der Waals surface area contributed by atoms with E-state index < -0.39 is 69.2 Å². The number of ketones is 2. The number of pyridine rings is 1. The van der Waals surface area contributed by atoms with Gasteiger partial charge in [0.1, 0.15) is 5.78 Å². The predicted molar refractivity (Wildman–Crippen MR) is 158 cm³/mol. The Morgan fingerprint density at radius 3 is 2.35 bits per heavy atom.